The lowest BCUT2D eigenvalue weighted by molar-refractivity contribution is -0.117. The molecule has 19 heavy (non-hydrogen) atoms. The van der Waals surface area contributed by atoms with E-state index in [0.717, 1.165) is 21.3 Å². The molecule has 0 aliphatic heterocycles. The van der Waals surface area contributed by atoms with E-state index in [1.165, 1.54) is 0 Å². The van der Waals surface area contributed by atoms with E-state index in [9.17, 15) is 4.79 Å². The van der Waals surface area contributed by atoms with E-state index in [0.29, 0.717) is 0 Å². The second kappa shape index (κ2) is 5.99. The van der Waals surface area contributed by atoms with Gasteiger partial charge >= 0.3 is 0 Å². The molecule has 2 rings (SSSR count). The van der Waals surface area contributed by atoms with Crippen LogP contribution in [0, 0.1) is 6.92 Å². The molecule has 0 spiro atoms. The van der Waals surface area contributed by atoms with Gasteiger partial charge in [0.2, 0.25) is 5.91 Å². The summed E-state index contributed by atoms with van der Waals surface area (Å²) in [6.45, 7) is 1.94. The van der Waals surface area contributed by atoms with E-state index in [4.69, 9.17) is 5.73 Å². The van der Waals surface area contributed by atoms with Crippen LogP contribution in [0.1, 0.15) is 17.2 Å². The lowest BCUT2D eigenvalue weighted by atomic mass is 10.1. The predicted octanol–water partition coefficient (Wildman–Crippen LogP) is 3.40. The van der Waals surface area contributed by atoms with E-state index in [1.807, 2.05) is 55.5 Å². The Hall–Kier alpha value is -1.65. The summed E-state index contributed by atoms with van der Waals surface area (Å²) in [5, 5.41) is 2.86. The maximum Gasteiger partial charge on any atom is 0.245 e. The number of hydrogen-bond donors (Lipinski definition) is 2. The molecule has 3 nitrogen and oxygen atoms in total. The number of halogens is 1. The first-order chi connectivity index (χ1) is 9.08. The van der Waals surface area contributed by atoms with Crippen LogP contribution in [0.25, 0.3) is 0 Å². The van der Waals surface area contributed by atoms with E-state index < -0.39 is 6.04 Å². The Balaban J connectivity index is 2.15. The Kier molecular flexibility index (Phi) is 4.35. The van der Waals surface area contributed by atoms with Crippen LogP contribution < -0.4 is 11.1 Å². The fourth-order valence-corrected chi connectivity index (χ4v) is 2.11. The van der Waals surface area contributed by atoms with Gasteiger partial charge in [-0.1, -0.05) is 52.3 Å². The monoisotopic (exact) mass is 318 g/mol. The number of benzene rings is 2. The summed E-state index contributed by atoms with van der Waals surface area (Å²) < 4.78 is 0.918. The van der Waals surface area contributed by atoms with E-state index in [-0.39, 0.29) is 5.91 Å². The van der Waals surface area contributed by atoms with Crippen LogP contribution in [-0.2, 0) is 4.79 Å². The normalized spacial score (nSPS) is 11.9. The lowest BCUT2D eigenvalue weighted by Crippen LogP contribution is -2.27. The molecule has 2 aromatic carbocycles. The Morgan fingerprint density at radius 3 is 2.58 bits per heavy atom. The number of hydrogen-bond acceptors (Lipinski definition) is 2. The predicted molar refractivity (Wildman–Crippen MR) is 80.9 cm³/mol. The highest BCUT2D eigenvalue weighted by atomic mass is 79.9. The van der Waals surface area contributed by atoms with E-state index in [1.54, 1.807) is 0 Å². The van der Waals surface area contributed by atoms with Crippen molar-refractivity contribution in [2.45, 2.75) is 13.0 Å². The van der Waals surface area contributed by atoms with Gasteiger partial charge in [-0.15, -0.1) is 0 Å². The third-order valence-corrected chi connectivity index (χ3v) is 3.39. The van der Waals surface area contributed by atoms with Crippen molar-refractivity contribution >= 4 is 27.5 Å². The number of nitrogens with one attached hydrogen (secondary N) is 1. The number of anilines is 1. The largest absolute Gasteiger partial charge is 0.324 e. The number of aryl methyl sites for hydroxylation is 1. The van der Waals surface area contributed by atoms with Crippen LogP contribution in [0.15, 0.2) is 53.0 Å². The summed E-state index contributed by atoms with van der Waals surface area (Å²) in [6.07, 6.45) is 0. The Labute approximate surface area is 121 Å². The van der Waals surface area contributed by atoms with E-state index >= 15 is 0 Å². The second-order valence-corrected chi connectivity index (χ2v) is 5.25. The molecule has 0 aromatic heterocycles. The first-order valence-corrected chi connectivity index (χ1v) is 6.75. The second-order valence-electron chi connectivity index (χ2n) is 4.34. The Morgan fingerprint density at radius 1 is 1.21 bits per heavy atom. The fraction of sp³-hybridized carbons (Fsp3) is 0.133. The molecule has 0 aliphatic carbocycles. The highest BCUT2D eigenvalue weighted by Crippen LogP contribution is 2.22. The molecule has 0 bridgehead atoms. The molecule has 98 valence electrons. The van der Waals surface area contributed by atoms with Crippen molar-refractivity contribution in [3.63, 3.8) is 0 Å². The topological polar surface area (TPSA) is 55.1 Å². The zero-order valence-corrected chi connectivity index (χ0v) is 12.1. The van der Waals surface area contributed by atoms with Crippen molar-refractivity contribution < 1.29 is 4.79 Å². The molecule has 0 radical (unpaired) electrons. The molecule has 3 N–H and O–H groups in total. The lowest BCUT2D eigenvalue weighted by Gasteiger charge is -2.14. The van der Waals surface area contributed by atoms with Crippen molar-refractivity contribution in [1.82, 2.24) is 0 Å². The molecule has 0 heterocycles. The Morgan fingerprint density at radius 2 is 1.89 bits per heavy atom. The standard InChI is InChI=1S/C15H15BrN2O/c1-10-7-8-12(16)9-13(10)18-15(19)14(17)11-5-3-2-4-6-11/h2-9,14H,17H2,1H3,(H,18,19)/t14-/m1/s1. The van der Waals surface area contributed by atoms with Gasteiger partial charge in [-0.05, 0) is 30.2 Å². The molecular weight excluding hydrogens is 304 g/mol. The van der Waals surface area contributed by atoms with Gasteiger partial charge < -0.3 is 11.1 Å². The minimum absolute atomic E-state index is 0.215. The van der Waals surface area contributed by atoms with Gasteiger partial charge in [0.15, 0.2) is 0 Å². The average Bonchev–Trinajstić information content (AvgIpc) is 2.43. The minimum atomic E-state index is -0.667. The number of rotatable bonds is 3. The third kappa shape index (κ3) is 3.43. The first-order valence-electron chi connectivity index (χ1n) is 5.95. The molecule has 0 aliphatic rings. The smallest absolute Gasteiger partial charge is 0.245 e. The highest BCUT2D eigenvalue weighted by Gasteiger charge is 2.16. The molecule has 4 heteroatoms. The van der Waals surface area contributed by atoms with Crippen LogP contribution in [0.3, 0.4) is 0 Å². The molecule has 0 fully saturated rings. The fourth-order valence-electron chi connectivity index (χ4n) is 1.75. The van der Waals surface area contributed by atoms with Crippen molar-refractivity contribution in [2.24, 2.45) is 5.73 Å². The van der Waals surface area contributed by atoms with Crippen LogP contribution >= 0.6 is 15.9 Å². The van der Waals surface area contributed by atoms with Crippen molar-refractivity contribution in [3.8, 4) is 0 Å². The van der Waals surface area contributed by atoms with Gasteiger partial charge in [-0.3, -0.25) is 4.79 Å². The van der Waals surface area contributed by atoms with Crippen LogP contribution in [-0.4, -0.2) is 5.91 Å². The van der Waals surface area contributed by atoms with Gasteiger partial charge in [-0.2, -0.15) is 0 Å². The zero-order valence-electron chi connectivity index (χ0n) is 10.6. The van der Waals surface area contributed by atoms with Crippen LogP contribution in [0.2, 0.25) is 0 Å². The number of amides is 1. The molecule has 1 atom stereocenters. The van der Waals surface area contributed by atoms with Crippen molar-refractivity contribution in [2.75, 3.05) is 5.32 Å². The average molecular weight is 319 g/mol. The summed E-state index contributed by atoms with van der Waals surface area (Å²) in [6, 6.07) is 14.4. The van der Waals surface area contributed by atoms with Gasteiger partial charge in [0.25, 0.3) is 0 Å². The van der Waals surface area contributed by atoms with Crippen molar-refractivity contribution in [3.05, 3.63) is 64.1 Å². The van der Waals surface area contributed by atoms with E-state index in [2.05, 4.69) is 21.2 Å². The summed E-state index contributed by atoms with van der Waals surface area (Å²) >= 11 is 3.39. The van der Waals surface area contributed by atoms with Gasteiger partial charge in [0.1, 0.15) is 6.04 Å². The van der Waals surface area contributed by atoms with Gasteiger partial charge in [0.05, 0.1) is 0 Å². The van der Waals surface area contributed by atoms with Crippen LogP contribution in [0.4, 0.5) is 5.69 Å². The van der Waals surface area contributed by atoms with Crippen LogP contribution in [0.5, 0.6) is 0 Å². The number of nitrogens with two attached hydrogens (primary N) is 1. The molecule has 0 unspecified atom stereocenters. The maximum atomic E-state index is 12.1. The van der Waals surface area contributed by atoms with Gasteiger partial charge in [0, 0.05) is 10.2 Å². The first kappa shape index (κ1) is 13.8. The zero-order chi connectivity index (χ0) is 13.8. The minimum Gasteiger partial charge on any atom is -0.324 e. The molecular formula is C15H15BrN2O. The van der Waals surface area contributed by atoms with Gasteiger partial charge in [-0.25, -0.2) is 0 Å². The Bertz CT molecular complexity index is 584. The maximum absolute atomic E-state index is 12.1. The van der Waals surface area contributed by atoms with Crippen molar-refractivity contribution in [1.29, 1.82) is 0 Å². The summed E-state index contributed by atoms with van der Waals surface area (Å²) in [7, 11) is 0. The SMILES string of the molecule is Cc1ccc(Br)cc1NC(=O)[C@H](N)c1ccccc1. The molecule has 1 amide bonds. The summed E-state index contributed by atoms with van der Waals surface area (Å²) in [5.74, 6) is -0.215. The summed E-state index contributed by atoms with van der Waals surface area (Å²) in [4.78, 5) is 12.1. The molecule has 2 aromatic rings. The molecule has 0 saturated heterocycles. The molecule has 0 saturated carbocycles. The highest BCUT2D eigenvalue weighted by molar-refractivity contribution is 9.10. The number of carbonyl (C=O) groups is 1. The summed E-state index contributed by atoms with van der Waals surface area (Å²) in [5.41, 5.74) is 8.52. The quantitative estimate of drug-likeness (QED) is 0.911. The third-order valence-electron chi connectivity index (χ3n) is 2.90. The number of carbonyl (C=O) groups excluding carboxylic acids is 1.